The Morgan fingerprint density at radius 2 is 2.11 bits per heavy atom. The van der Waals surface area contributed by atoms with Gasteiger partial charge < -0.3 is 5.32 Å². The Hall–Kier alpha value is -1.14. The summed E-state index contributed by atoms with van der Waals surface area (Å²) in [5.74, 6) is 0. The summed E-state index contributed by atoms with van der Waals surface area (Å²) in [6.45, 7) is 0.129. The Bertz CT molecular complexity index is 399. The molecule has 0 aromatic carbocycles. The highest BCUT2D eigenvalue weighted by atomic mass is 19.4. The van der Waals surface area contributed by atoms with Gasteiger partial charge in [0.05, 0.1) is 12.2 Å². The molecule has 6 heteroatoms. The minimum atomic E-state index is -4.14. The summed E-state index contributed by atoms with van der Waals surface area (Å²) in [6, 6.07) is 3.77. The van der Waals surface area contributed by atoms with Crippen LogP contribution in [0.4, 0.5) is 13.2 Å². The van der Waals surface area contributed by atoms with Crippen molar-refractivity contribution in [2.45, 2.75) is 38.1 Å². The van der Waals surface area contributed by atoms with E-state index in [9.17, 15) is 13.2 Å². The second-order valence-electron chi connectivity index (χ2n) is 4.94. The van der Waals surface area contributed by atoms with E-state index in [1.807, 2.05) is 13.1 Å². The lowest BCUT2D eigenvalue weighted by molar-refractivity contribution is -0.148. The van der Waals surface area contributed by atoms with E-state index < -0.39 is 12.7 Å². The van der Waals surface area contributed by atoms with Crippen LogP contribution in [0.1, 0.15) is 24.1 Å². The third-order valence-electron chi connectivity index (χ3n) is 3.08. The molecule has 3 nitrogen and oxygen atoms in total. The smallest absolute Gasteiger partial charge is 0.316 e. The van der Waals surface area contributed by atoms with Crippen LogP contribution in [0.2, 0.25) is 0 Å². The zero-order chi connectivity index (χ0) is 13.9. The van der Waals surface area contributed by atoms with E-state index in [0.29, 0.717) is 12.2 Å². The molecule has 0 aliphatic heterocycles. The molecule has 0 radical (unpaired) electrons. The molecule has 0 amide bonds. The van der Waals surface area contributed by atoms with Gasteiger partial charge in [-0.25, -0.2) is 0 Å². The first-order valence-corrected chi connectivity index (χ1v) is 6.37. The molecule has 1 aromatic heterocycles. The average molecular weight is 273 g/mol. The van der Waals surface area contributed by atoms with Crippen molar-refractivity contribution in [3.05, 3.63) is 29.6 Å². The summed E-state index contributed by atoms with van der Waals surface area (Å²) in [7, 11) is 1.84. The standard InChI is InChI=1S/C13H18F3N3/c1-17-6-10-2-3-11(18-7-10)8-19(12-4-5-12)9-13(14,15)16/h2-3,7,12,17H,4-6,8-9H2,1H3. The fourth-order valence-electron chi connectivity index (χ4n) is 2.05. The van der Waals surface area contributed by atoms with Crippen molar-refractivity contribution in [3.8, 4) is 0 Å². The van der Waals surface area contributed by atoms with E-state index in [-0.39, 0.29) is 12.6 Å². The Morgan fingerprint density at radius 1 is 1.37 bits per heavy atom. The maximum Gasteiger partial charge on any atom is 0.401 e. The van der Waals surface area contributed by atoms with Crippen LogP contribution in [0.5, 0.6) is 0 Å². The van der Waals surface area contributed by atoms with E-state index >= 15 is 0 Å². The lowest BCUT2D eigenvalue weighted by Crippen LogP contribution is -2.35. The number of halogens is 3. The highest BCUT2D eigenvalue weighted by Gasteiger charge is 2.38. The molecular formula is C13H18F3N3. The number of nitrogens with zero attached hydrogens (tertiary/aromatic N) is 2. The predicted molar refractivity (Wildman–Crippen MR) is 66.5 cm³/mol. The maximum atomic E-state index is 12.5. The SMILES string of the molecule is CNCc1ccc(CN(CC(F)(F)F)C2CC2)nc1. The van der Waals surface area contributed by atoms with E-state index in [0.717, 1.165) is 18.4 Å². The minimum absolute atomic E-state index is 0.0698. The van der Waals surface area contributed by atoms with Gasteiger partial charge in [0.2, 0.25) is 0 Å². The number of alkyl halides is 3. The Labute approximate surface area is 110 Å². The first-order chi connectivity index (χ1) is 8.98. The van der Waals surface area contributed by atoms with Gasteiger partial charge in [0, 0.05) is 25.3 Å². The third-order valence-corrected chi connectivity index (χ3v) is 3.08. The highest BCUT2D eigenvalue weighted by Crippen LogP contribution is 2.31. The number of hydrogen-bond acceptors (Lipinski definition) is 3. The lowest BCUT2D eigenvalue weighted by atomic mass is 10.2. The number of rotatable bonds is 6. The summed E-state index contributed by atoms with van der Waals surface area (Å²) in [6.07, 6.45) is -0.721. The van der Waals surface area contributed by atoms with Gasteiger partial charge in [0.25, 0.3) is 0 Å². The quantitative estimate of drug-likeness (QED) is 0.862. The van der Waals surface area contributed by atoms with Gasteiger partial charge in [-0.05, 0) is 31.5 Å². The molecular weight excluding hydrogens is 255 g/mol. The zero-order valence-corrected chi connectivity index (χ0v) is 10.9. The van der Waals surface area contributed by atoms with Gasteiger partial charge in [0.15, 0.2) is 0 Å². The van der Waals surface area contributed by atoms with Crippen molar-refractivity contribution < 1.29 is 13.2 Å². The van der Waals surface area contributed by atoms with Crippen LogP contribution >= 0.6 is 0 Å². The molecule has 0 bridgehead atoms. The molecule has 2 rings (SSSR count). The van der Waals surface area contributed by atoms with Crippen LogP contribution in [-0.4, -0.2) is 35.7 Å². The molecule has 0 saturated heterocycles. The first-order valence-electron chi connectivity index (χ1n) is 6.37. The summed E-state index contributed by atoms with van der Waals surface area (Å²) in [5.41, 5.74) is 1.72. The molecule has 1 fully saturated rings. The van der Waals surface area contributed by atoms with Crippen molar-refractivity contribution in [2.75, 3.05) is 13.6 Å². The number of pyridine rings is 1. The maximum absolute atomic E-state index is 12.5. The van der Waals surface area contributed by atoms with Gasteiger partial charge in [-0.2, -0.15) is 13.2 Å². The number of nitrogens with one attached hydrogen (secondary N) is 1. The molecule has 1 aromatic rings. The molecule has 1 aliphatic rings. The molecule has 0 spiro atoms. The molecule has 1 saturated carbocycles. The van der Waals surface area contributed by atoms with Crippen molar-refractivity contribution in [3.63, 3.8) is 0 Å². The van der Waals surface area contributed by atoms with Crippen LogP contribution in [-0.2, 0) is 13.1 Å². The summed E-state index contributed by atoms with van der Waals surface area (Å²) < 4.78 is 37.5. The molecule has 0 unspecified atom stereocenters. The normalized spacial score (nSPS) is 16.1. The van der Waals surface area contributed by atoms with Crippen molar-refractivity contribution in [2.24, 2.45) is 0 Å². The highest BCUT2D eigenvalue weighted by molar-refractivity contribution is 5.14. The zero-order valence-electron chi connectivity index (χ0n) is 10.9. The third kappa shape index (κ3) is 4.80. The van der Waals surface area contributed by atoms with Gasteiger partial charge in [-0.3, -0.25) is 9.88 Å². The van der Waals surface area contributed by atoms with E-state index in [1.165, 1.54) is 4.90 Å². The van der Waals surface area contributed by atoms with E-state index in [1.54, 1.807) is 12.3 Å². The lowest BCUT2D eigenvalue weighted by Gasteiger charge is -2.22. The van der Waals surface area contributed by atoms with Crippen LogP contribution in [0.3, 0.4) is 0 Å². The number of aromatic nitrogens is 1. The van der Waals surface area contributed by atoms with Crippen molar-refractivity contribution in [1.29, 1.82) is 0 Å². The van der Waals surface area contributed by atoms with Crippen LogP contribution in [0, 0.1) is 0 Å². The van der Waals surface area contributed by atoms with Crippen molar-refractivity contribution >= 4 is 0 Å². The molecule has 1 N–H and O–H groups in total. The minimum Gasteiger partial charge on any atom is -0.316 e. The Morgan fingerprint density at radius 3 is 2.58 bits per heavy atom. The van der Waals surface area contributed by atoms with E-state index in [4.69, 9.17) is 0 Å². The van der Waals surface area contributed by atoms with Gasteiger partial charge in [0.1, 0.15) is 0 Å². The molecule has 106 valence electrons. The van der Waals surface area contributed by atoms with Crippen molar-refractivity contribution in [1.82, 2.24) is 15.2 Å². The van der Waals surface area contributed by atoms with Gasteiger partial charge in [-0.1, -0.05) is 6.07 Å². The fraction of sp³-hybridized carbons (Fsp3) is 0.615. The second-order valence-corrected chi connectivity index (χ2v) is 4.94. The predicted octanol–water partition coefficient (Wildman–Crippen LogP) is 2.33. The monoisotopic (exact) mass is 273 g/mol. The fourth-order valence-corrected chi connectivity index (χ4v) is 2.05. The molecule has 1 aliphatic carbocycles. The Kier molecular flexibility index (Phi) is 4.42. The Balaban J connectivity index is 1.96. The molecule has 0 atom stereocenters. The first kappa shape index (κ1) is 14.3. The van der Waals surface area contributed by atoms with Crippen LogP contribution in [0.25, 0.3) is 0 Å². The summed E-state index contributed by atoms with van der Waals surface area (Å²) in [4.78, 5) is 5.70. The number of hydrogen-bond donors (Lipinski definition) is 1. The topological polar surface area (TPSA) is 28.2 Å². The van der Waals surface area contributed by atoms with E-state index in [2.05, 4.69) is 10.3 Å². The average Bonchev–Trinajstić information content (AvgIpc) is 3.13. The van der Waals surface area contributed by atoms with Gasteiger partial charge in [-0.15, -0.1) is 0 Å². The second kappa shape index (κ2) is 5.88. The summed E-state index contributed by atoms with van der Waals surface area (Å²) >= 11 is 0. The largest absolute Gasteiger partial charge is 0.401 e. The molecule has 19 heavy (non-hydrogen) atoms. The summed E-state index contributed by atoms with van der Waals surface area (Å²) in [5, 5.41) is 3.00. The molecule has 1 heterocycles. The van der Waals surface area contributed by atoms with Gasteiger partial charge >= 0.3 is 6.18 Å². The van der Waals surface area contributed by atoms with Crippen LogP contribution < -0.4 is 5.32 Å². The van der Waals surface area contributed by atoms with Crippen LogP contribution in [0.15, 0.2) is 18.3 Å².